The lowest BCUT2D eigenvalue weighted by Crippen LogP contribution is -2.11. The number of anilines is 1. The molecule has 0 aliphatic rings. The van der Waals surface area contributed by atoms with Gasteiger partial charge in [-0.1, -0.05) is 36.7 Å². The monoisotopic (exact) mass is 271 g/mol. The summed E-state index contributed by atoms with van der Waals surface area (Å²) in [6.07, 6.45) is 1.01. The highest BCUT2D eigenvalue weighted by Crippen LogP contribution is 2.27. The molecule has 0 heterocycles. The van der Waals surface area contributed by atoms with Crippen LogP contribution >= 0.6 is 15.9 Å². The van der Waals surface area contributed by atoms with Crippen LogP contribution in [0.5, 0.6) is 5.75 Å². The Balaban J connectivity index is 2.54. The fraction of sp³-hybridized carbons (Fsp3) is 0.500. The van der Waals surface area contributed by atoms with Gasteiger partial charge >= 0.3 is 0 Å². The Labute approximate surface area is 99.9 Å². The highest BCUT2D eigenvalue weighted by molar-refractivity contribution is 9.10. The van der Waals surface area contributed by atoms with Crippen LogP contribution in [0.2, 0.25) is 0 Å². The van der Waals surface area contributed by atoms with Gasteiger partial charge in [-0.05, 0) is 30.0 Å². The Kier molecular flexibility index (Phi) is 4.03. The summed E-state index contributed by atoms with van der Waals surface area (Å²) in [5, 5.41) is 0. The lowest BCUT2D eigenvalue weighted by Gasteiger charge is -2.18. The molecule has 0 saturated carbocycles. The first kappa shape index (κ1) is 12.4. The van der Waals surface area contributed by atoms with Crippen molar-refractivity contribution in [2.75, 3.05) is 12.3 Å². The zero-order valence-corrected chi connectivity index (χ0v) is 11.1. The number of benzene rings is 1. The van der Waals surface area contributed by atoms with Gasteiger partial charge in [0, 0.05) is 4.47 Å². The first-order chi connectivity index (χ1) is 6.88. The largest absolute Gasteiger partial charge is 0.491 e. The average Bonchev–Trinajstić information content (AvgIpc) is 2.09. The van der Waals surface area contributed by atoms with Crippen LogP contribution in [0.4, 0.5) is 5.69 Å². The molecule has 1 aromatic carbocycles. The third kappa shape index (κ3) is 4.56. The Bertz CT molecular complexity index is 331. The van der Waals surface area contributed by atoms with E-state index in [0.717, 1.165) is 16.6 Å². The predicted octanol–water partition coefficient (Wildman–Crippen LogP) is 3.85. The van der Waals surface area contributed by atoms with E-state index in [9.17, 15) is 0 Å². The van der Waals surface area contributed by atoms with Gasteiger partial charge in [-0.2, -0.15) is 0 Å². The number of ether oxygens (including phenoxy) is 1. The van der Waals surface area contributed by atoms with Crippen LogP contribution in [0.1, 0.15) is 27.2 Å². The summed E-state index contributed by atoms with van der Waals surface area (Å²) in [5.41, 5.74) is 6.77. The van der Waals surface area contributed by atoms with E-state index in [0.29, 0.717) is 17.7 Å². The Morgan fingerprint density at radius 2 is 2.00 bits per heavy atom. The minimum Gasteiger partial charge on any atom is -0.491 e. The summed E-state index contributed by atoms with van der Waals surface area (Å²) in [6, 6.07) is 5.65. The molecule has 2 N–H and O–H groups in total. The van der Waals surface area contributed by atoms with E-state index in [1.165, 1.54) is 0 Å². The van der Waals surface area contributed by atoms with Gasteiger partial charge in [-0.25, -0.2) is 0 Å². The molecular formula is C12H18BrNO. The molecule has 1 rings (SSSR count). The quantitative estimate of drug-likeness (QED) is 0.848. The summed E-state index contributed by atoms with van der Waals surface area (Å²) in [5.74, 6) is 0.758. The lowest BCUT2D eigenvalue weighted by molar-refractivity contribution is 0.244. The first-order valence-electron chi connectivity index (χ1n) is 5.06. The maximum absolute atomic E-state index is 5.79. The van der Waals surface area contributed by atoms with Crippen LogP contribution in [0.15, 0.2) is 22.7 Å². The second kappa shape index (κ2) is 4.88. The van der Waals surface area contributed by atoms with Crippen LogP contribution in [-0.4, -0.2) is 6.61 Å². The van der Waals surface area contributed by atoms with Crippen molar-refractivity contribution in [2.45, 2.75) is 27.2 Å². The maximum Gasteiger partial charge on any atom is 0.143 e. The molecule has 0 spiro atoms. The molecule has 0 fully saturated rings. The van der Waals surface area contributed by atoms with Gasteiger partial charge in [0.25, 0.3) is 0 Å². The smallest absolute Gasteiger partial charge is 0.143 e. The van der Waals surface area contributed by atoms with Crippen LogP contribution < -0.4 is 10.5 Å². The van der Waals surface area contributed by atoms with E-state index in [2.05, 4.69) is 36.7 Å². The molecule has 0 radical (unpaired) electrons. The predicted molar refractivity (Wildman–Crippen MR) is 68.1 cm³/mol. The van der Waals surface area contributed by atoms with Gasteiger partial charge in [0.15, 0.2) is 0 Å². The molecular weight excluding hydrogens is 254 g/mol. The minimum atomic E-state index is 0.292. The van der Waals surface area contributed by atoms with Crippen molar-refractivity contribution in [1.29, 1.82) is 0 Å². The summed E-state index contributed by atoms with van der Waals surface area (Å²) in [4.78, 5) is 0. The number of rotatable bonds is 3. The van der Waals surface area contributed by atoms with Crippen LogP contribution in [0.25, 0.3) is 0 Å². The van der Waals surface area contributed by atoms with Gasteiger partial charge in [-0.15, -0.1) is 0 Å². The summed E-state index contributed by atoms with van der Waals surface area (Å²) in [6.45, 7) is 7.28. The minimum absolute atomic E-state index is 0.292. The zero-order valence-electron chi connectivity index (χ0n) is 9.51. The SMILES string of the molecule is CC(C)(C)CCOc1cc(Br)ccc1N. The molecule has 84 valence electrons. The van der Waals surface area contributed by atoms with Gasteiger partial charge in [0.05, 0.1) is 12.3 Å². The van der Waals surface area contributed by atoms with Crippen molar-refractivity contribution in [2.24, 2.45) is 5.41 Å². The van der Waals surface area contributed by atoms with E-state index in [1.54, 1.807) is 0 Å². The van der Waals surface area contributed by atoms with E-state index < -0.39 is 0 Å². The topological polar surface area (TPSA) is 35.2 Å². The number of halogens is 1. The second-order valence-electron chi connectivity index (χ2n) is 4.84. The average molecular weight is 272 g/mol. The lowest BCUT2D eigenvalue weighted by atomic mass is 9.93. The normalized spacial score (nSPS) is 11.5. The van der Waals surface area contributed by atoms with Crippen molar-refractivity contribution in [3.63, 3.8) is 0 Å². The molecule has 15 heavy (non-hydrogen) atoms. The number of nitrogens with two attached hydrogens (primary N) is 1. The van der Waals surface area contributed by atoms with E-state index in [4.69, 9.17) is 10.5 Å². The molecule has 0 amide bonds. The molecule has 0 unspecified atom stereocenters. The van der Waals surface area contributed by atoms with Crippen molar-refractivity contribution < 1.29 is 4.74 Å². The number of hydrogen-bond acceptors (Lipinski definition) is 2. The zero-order chi connectivity index (χ0) is 11.5. The molecule has 2 nitrogen and oxygen atoms in total. The molecule has 0 bridgehead atoms. The Morgan fingerprint density at radius 1 is 1.33 bits per heavy atom. The molecule has 0 aliphatic heterocycles. The van der Waals surface area contributed by atoms with Crippen molar-refractivity contribution in [3.8, 4) is 5.75 Å². The highest BCUT2D eigenvalue weighted by Gasteiger charge is 2.10. The Morgan fingerprint density at radius 3 is 2.60 bits per heavy atom. The molecule has 0 atom stereocenters. The third-order valence-corrected chi connectivity index (χ3v) is 2.58. The first-order valence-corrected chi connectivity index (χ1v) is 5.86. The van der Waals surface area contributed by atoms with Gasteiger partial charge < -0.3 is 10.5 Å². The summed E-state index contributed by atoms with van der Waals surface area (Å²) >= 11 is 3.39. The summed E-state index contributed by atoms with van der Waals surface area (Å²) < 4.78 is 6.63. The molecule has 0 aliphatic carbocycles. The fourth-order valence-electron chi connectivity index (χ4n) is 1.10. The number of nitrogen functional groups attached to an aromatic ring is 1. The molecule has 3 heteroatoms. The maximum atomic E-state index is 5.79. The van der Waals surface area contributed by atoms with Crippen LogP contribution in [0.3, 0.4) is 0 Å². The molecule has 0 saturated heterocycles. The number of hydrogen-bond donors (Lipinski definition) is 1. The Hall–Kier alpha value is -0.700. The summed E-state index contributed by atoms with van der Waals surface area (Å²) in [7, 11) is 0. The molecule has 0 aromatic heterocycles. The van der Waals surface area contributed by atoms with Crippen molar-refractivity contribution in [1.82, 2.24) is 0 Å². The fourth-order valence-corrected chi connectivity index (χ4v) is 1.44. The second-order valence-corrected chi connectivity index (χ2v) is 5.76. The van der Waals surface area contributed by atoms with E-state index in [-0.39, 0.29) is 0 Å². The van der Waals surface area contributed by atoms with Gasteiger partial charge in [0.2, 0.25) is 0 Å². The highest BCUT2D eigenvalue weighted by atomic mass is 79.9. The van der Waals surface area contributed by atoms with Gasteiger partial charge in [0.1, 0.15) is 5.75 Å². The third-order valence-electron chi connectivity index (χ3n) is 2.09. The van der Waals surface area contributed by atoms with Crippen LogP contribution in [0, 0.1) is 5.41 Å². The standard InChI is InChI=1S/C12H18BrNO/c1-12(2,3)6-7-15-11-8-9(13)4-5-10(11)14/h4-5,8H,6-7,14H2,1-3H3. The van der Waals surface area contributed by atoms with E-state index >= 15 is 0 Å². The van der Waals surface area contributed by atoms with Crippen molar-refractivity contribution in [3.05, 3.63) is 22.7 Å². The van der Waals surface area contributed by atoms with Crippen LogP contribution in [-0.2, 0) is 0 Å². The van der Waals surface area contributed by atoms with Gasteiger partial charge in [-0.3, -0.25) is 0 Å². The van der Waals surface area contributed by atoms with Crippen molar-refractivity contribution >= 4 is 21.6 Å². The van der Waals surface area contributed by atoms with E-state index in [1.807, 2.05) is 18.2 Å². The molecule has 1 aromatic rings.